The normalized spacial score (nSPS) is 19.5. The Morgan fingerprint density at radius 1 is 1.10 bits per heavy atom. The van der Waals surface area contributed by atoms with Crippen LogP contribution in [-0.2, 0) is 0 Å². The second-order valence-corrected chi connectivity index (χ2v) is 5.89. The summed E-state index contributed by atoms with van der Waals surface area (Å²) in [5, 5.41) is 5.82. The van der Waals surface area contributed by atoms with Gasteiger partial charge in [-0.25, -0.2) is 14.8 Å². The lowest BCUT2D eigenvalue weighted by Crippen LogP contribution is -2.36. The fourth-order valence-corrected chi connectivity index (χ4v) is 3.12. The first kappa shape index (κ1) is 14.1. The van der Waals surface area contributed by atoms with Crippen molar-refractivity contribution < 1.29 is 4.79 Å². The zero-order chi connectivity index (χ0) is 14.5. The van der Waals surface area contributed by atoms with Crippen molar-refractivity contribution in [3.8, 4) is 0 Å². The van der Waals surface area contributed by atoms with Crippen molar-refractivity contribution in [3.05, 3.63) is 12.4 Å². The number of hydrogen-bond donors (Lipinski definition) is 2. The van der Waals surface area contributed by atoms with Crippen LogP contribution in [0.5, 0.6) is 0 Å². The first-order chi connectivity index (χ1) is 10.3. The Morgan fingerprint density at radius 3 is 2.62 bits per heavy atom. The Labute approximate surface area is 125 Å². The summed E-state index contributed by atoms with van der Waals surface area (Å²) in [7, 11) is 0. The van der Waals surface area contributed by atoms with E-state index in [1.165, 1.54) is 38.4 Å². The lowest BCUT2D eigenvalue weighted by molar-refractivity contribution is 0.248. The molecule has 2 amide bonds. The number of carbonyl (C=O) groups excluding carboxylic acids is 1. The molecule has 114 valence electrons. The number of piperidine rings is 1. The largest absolute Gasteiger partial charge is 0.356 e. The predicted molar refractivity (Wildman–Crippen MR) is 82.5 cm³/mol. The van der Waals surface area contributed by atoms with E-state index < -0.39 is 0 Å². The van der Waals surface area contributed by atoms with Gasteiger partial charge in [0.2, 0.25) is 0 Å². The maximum atomic E-state index is 12.0. The average Bonchev–Trinajstić information content (AvgIpc) is 3.01. The summed E-state index contributed by atoms with van der Waals surface area (Å²) in [6.45, 7) is 2.06. The highest BCUT2D eigenvalue weighted by Crippen LogP contribution is 2.20. The maximum absolute atomic E-state index is 12.0. The summed E-state index contributed by atoms with van der Waals surface area (Å²) in [4.78, 5) is 22.7. The Morgan fingerprint density at radius 2 is 1.86 bits per heavy atom. The van der Waals surface area contributed by atoms with Gasteiger partial charge in [0, 0.05) is 25.2 Å². The molecule has 1 saturated heterocycles. The highest BCUT2D eigenvalue weighted by molar-refractivity contribution is 5.88. The number of hydrogen-bond acceptors (Lipinski definition) is 4. The summed E-state index contributed by atoms with van der Waals surface area (Å²) in [6.07, 6.45) is 9.79. The van der Waals surface area contributed by atoms with E-state index in [1.54, 1.807) is 0 Å². The number of rotatable bonds is 3. The first-order valence-corrected chi connectivity index (χ1v) is 7.96. The van der Waals surface area contributed by atoms with Crippen molar-refractivity contribution in [2.75, 3.05) is 23.3 Å². The molecule has 1 aromatic heterocycles. The fraction of sp³-hybridized carbons (Fsp3) is 0.667. The van der Waals surface area contributed by atoms with E-state index in [1.807, 2.05) is 6.07 Å². The molecule has 3 rings (SSSR count). The van der Waals surface area contributed by atoms with Gasteiger partial charge in [-0.3, -0.25) is 5.32 Å². The van der Waals surface area contributed by atoms with Crippen molar-refractivity contribution in [1.82, 2.24) is 15.3 Å². The molecule has 1 aliphatic carbocycles. The molecule has 1 aliphatic heterocycles. The van der Waals surface area contributed by atoms with E-state index in [0.717, 1.165) is 31.7 Å². The third-order valence-electron chi connectivity index (χ3n) is 4.26. The number of carbonyl (C=O) groups is 1. The summed E-state index contributed by atoms with van der Waals surface area (Å²) in [5.41, 5.74) is 0. The van der Waals surface area contributed by atoms with Crippen molar-refractivity contribution >= 4 is 17.7 Å². The van der Waals surface area contributed by atoms with Gasteiger partial charge in [0.05, 0.1) is 0 Å². The zero-order valence-electron chi connectivity index (χ0n) is 12.3. The van der Waals surface area contributed by atoms with Gasteiger partial charge in [-0.15, -0.1) is 0 Å². The van der Waals surface area contributed by atoms with Crippen LogP contribution < -0.4 is 15.5 Å². The van der Waals surface area contributed by atoms with Crippen LogP contribution in [0.3, 0.4) is 0 Å². The molecule has 21 heavy (non-hydrogen) atoms. The third-order valence-corrected chi connectivity index (χ3v) is 4.26. The summed E-state index contributed by atoms with van der Waals surface area (Å²) in [6, 6.07) is 2.01. The monoisotopic (exact) mass is 289 g/mol. The minimum atomic E-state index is -0.162. The summed E-state index contributed by atoms with van der Waals surface area (Å²) < 4.78 is 0. The molecule has 0 unspecified atom stereocenters. The summed E-state index contributed by atoms with van der Waals surface area (Å²) in [5.74, 6) is 1.47. The van der Waals surface area contributed by atoms with Crippen LogP contribution in [0.15, 0.2) is 12.4 Å². The number of aromatic nitrogens is 2. The topological polar surface area (TPSA) is 70.2 Å². The van der Waals surface area contributed by atoms with Gasteiger partial charge in [-0.1, -0.05) is 12.8 Å². The molecule has 0 radical (unpaired) electrons. The molecule has 0 atom stereocenters. The molecule has 2 fully saturated rings. The van der Waals surface area contributed by atoms with Gasteiger partial charge in [-0.2, -0.15) is 0 Å². The second-order valence-electron chi connectivity index (χ2n) is 5.89. The number of nitrogens with one attached hydrogen (secondary N) is 2. The van der Waals surface area contributed by atoms with Crippen molar-refractivity contribution in [1.29, 1.82) is 0 Å². The van der Waals surface area contributed by atoms with Crippen molar-refractivity contribution in [2.45, 2.75) is 51.0 Å². The van der Waals surface area contributed by atoms with Crippen LogP contribution in [0.25, 0.3) is 0 Å². The molecule has 0 aromatic carbocycles. The SMILES string of the molecule is O=C(Nc1cc(N2CCCCC2)ncn1)NC1CCCC1. The molecule has 6 nitrogen and oxygen atoms in total. The van der Waals surface area contributed by atoms with E-state index in [-0.39, 0.29) is 6.03 Å². The molecule has 2 aliphatic rings. The Balaban J connectivity index is 1.58. The van der Waals surface area contributed by atoms with E-state index in [4.69, 9.17) is 0 Å². The second kappa shape index (κ2) is 6.74. The molecule has 0 bridgehead atoms. The van der Waals surface area contributed by atoms with Gasteiger partial charge in [-0.05, 0) is 32.1 Å². The average molecular weight is 289 g/mol. The lowest BCUT2D eigenvalue weighted by atomic mass is 10.1. The summed E-state index contributed by atoms with van der Waals surface area (Å²) >= 11 is 0. The smallest absolute Gasteiger partial charge is 0.320 e. The highest BCUT2D eigenvalue weighted by atomic mass is 16.2. The molecular weight excluding hydrogens is 266 g/mol. The molecule has 2 heterocycles. The van der Waals surface area contributed by atoms with Crippen LogP contribution in [0.2, 0.25) is 0 Å². The Kier molecular flexibility index (Phi) is 4.52. The minimum Gasteiger partial charge on any atom is -0.356 e. The number of nitrogens with zero attached hydrogens (tertiary/aromatic N) is 3. The quantitative estimate of drug-likeness (QED) is 0.897. The highest BCUT2D eigenvalue weighted by Gasteiger charge is 2.18. The molecule has 1 saturated carbocycles. The van der Waals surface area contributed by atoms with Crippen molar-refractivity contribution in [3.63, 3.8) is 0 Å². The standard InChI is InChI=1S/C15H23N5O/c21-15(18-12-6-2-3-7-12)19-13-10-14(17-11-16-13)20-8-4-1-5-9-20/h10-12H,1-9H2,(H2,16,17,18,19,21). The maximum Gasteiger partial charge on any atom is 0.320 e. The van der Waals surface area contributed by atoms with E-state index in [2.05, 4.69) is 25.5 Å². The number of anilines is 2. The van der Waals surface area contributed by atoms with Gasteiger partial charge >= 0.3 is 6.03 Å². The third kappa shape index (κ3) is 3.83. The van der Waals surface area contributed by atoms with Crippen LogP contribution >= 0.6 is 0 Å². The van der Waals surface area contributed by atoms with Crippen LogP contribution in [0.4, 0.5) is 16.4 Å². The molecule has 6 heteroatoms. The van der Waals surface area contributed by atoms with E-state index in [9.17, 15) is 4.79 Å². The van der Waals surface area contributed by atoms with Crippen LogP contribution in [0.1, 0.15) is 44.9 Å². The molecule has 0 spiro atoms. The van der Waals surface area contributed by atoms with E-state index >= 15 is 0 Å². The number of urea groups is 1. The van der Waals surface area contributed by atoms with Crippen LogP contribution in [0, 0.1) is 0 Å². The van der Waals surface area contributed by atoms with Crippen LogP contribution in [-0.4, -0.2) is 35.1 Å². The van der Waals surface area contributed by atoms with Gasteiger partial charge < -0.3 is 10.2 Å². The van der Waals surface area contributed by atoms with Crippen molar-refractivity contribution in [2.24, 2.45) is 0 Å². The molecular formula is C15H23N5O. The van der Waals surface area contributed by atoms with Gasteiger partial charge in [0.15, 0.2) is 0 Å². The number of amides is 2. The van der Waals surface area contributed by atoms with E-state index in [0.29, 0.717) is 11.9 Å². The zero-order valence-corrected chi connectivity index (χ0v) is 12.3. The Bertz CT molecular complexity index is 481. The lowest BCUT2D eigenvalue weighted by Gasteiger charge is -2.27. The minimum absolute atomic E-state index is 0.162. The molecule has 2 N–H and O–H groups in total. The Hall–Kier alpha value is -1.85. The predicted octanol–water partition coefficient (Wildman–Crippen LogP) is 2.53. The first-order valence-electron chi connectivity index (χ1n) is 7.96. The fourth-order valence-electron chi connectivity index (χ4n) is 3.12. The van der Waals surface area contributed by atoms with Gasteiger partial charge in [0.25, 0.3) is 0 Å². The molecule has 1 aromatic rings. The van der Waals surface area contributed by atoms with Gasteiger partial charge in [0.1, 0.15) is 18.0 Å².